The Morgan fingerprint density at radius 2 is 2.24 bits per heavy atom. The predicted molar refractivity (Wildman–Crippen MR) is 86.5 cm³/mol. The van der Waals surface area contributed by atoms with Gasteiger partial charge in [-0.1, -0.05) is 15.9 Å². The van der Waals surface area contributed by atoms with E-state index in [1.165, 1.54) is 0 Å². The Bertz CT molecular complexity index is 453. The Labute approximate surface area is 134 Å². The van der Waals surface area contributed by atoms with E-state index in [9.17, 15) is 4.79 Å². The molecule has 1 atom stereocenters. The highest BCUT2D eigenvalue weighted by Gasteiger charge is 2.09. The lowest BCUT2D eigenvalue weighted by Crippen LogP contribution is -2.30. The molecular formula is C15H23BrN2O3. The molecule has 21 heavy (non-hydrogen) atoms. The van der Waals surface area contributed by atoms with Crippen molar-refractivity contribution in [3.8, 4) is 5.75 Å². The van der Waals surface area contributed by atoms with Gasteiger partial charge in [-0.05, 0) is 43.5 Å². The molecule has 1 rings (SSSR count). The van der Waals surface area contributed by atoms with Gasteiger partial charge in [0.25, 0.3) is 5.91 Å². The standard InChI is InChI=1S/C15H23BrN2O3/c1-11(17)8-12-9-13(16)4-5-14(12)21-10-15(19)18-6-3-7-20-2/h4-5,9,11H,3,6-8,10,17H2,1-2H3,(H,18,19). The zero-order chi connectivity index (χ0) is 15.7. The summed E-state index contributed by atoms with van der Waals surface area (Å²) in [6, 6.07) is 5.73. The Kier molecular flexibility index (Phi) is 8.34. The first-order chi connectivity index (χ1) is 10.0. The lowest BCUT2D eigenvalue weighted by atomic mass is 10.1. The van der Waals surface area contributed by atoms with Crippen molar-refractivity contribution in [1.82, 2.24) is 5.32 Å². The Hall–Kier alpha value is -1.11. The number of nitrogens with one attached hydrogen (secondary N) is 1. The zero-order valence-corrected chi connectivity index (χ0v) is 14.1. The second-order valence-electron chi connectivity index (χ2n) is 4.92. The SMILES string of the molecule is COCCCNC(=O)COc1ccc(Br)cc1CC(C)N. The summed E-state index contributed by atoms with van der Waals surface area (Å²) >= 11 is 3.43. The van der Waals surface area contributed by atoms with Crippen LogP contribution < -0.4 is 15.8 Å². The van der Waals surface area contributed by atoms with E-state index < -0.39 is 0 Å². The van der Waals surface area contributed by atoms with E-state index in [0.717, 1.165) is 16.5 Å². The fourth-order valence-corrected chi connectivity index (χ4v) is 2.24. The van der Waals surface area contributed by atoms with Gasteiger partial charge >= 0.3 is 0 Å². The minimum Gasteiger partial charge on any atom is -0.483 e. The highest BCUT2D eigenvalue weighted by molar-refractivity contribution is 9.10. The van der Waals surface area contributed by atoms with Crippen molar-refractivity contribution in [1.29, 1.82) is 0 Å². The van der Waals surface area contributed by atoms with Crippen molar-refractivity contribution in [2.75, 3.05) is 26.9 Å². The fourth-order valence-electron chi connectivity index (χ4n) is 1.83. The van der Waals surface area contributed by atoms with Crippen LogP contribution in [0.15, 0.2) is 22.7 Å². The average molecular weight is 359 g/mol. The van der Waals surface area contributed by atoms with Crippen LogP contribution in [0, 0.1) is 0 Å². The highest BCUT2D eigenvalue weighted by Crippen LogP contribution is 2.24. The molecule has 0 saturated carbocycles. The molecule has 118 valence electrons. The Morgan fingerprint density at radius 1 is 1.48 bits per heavy atom. The van der Waals surface area contributed by atoms with Gasteiger partial charge in [0.1, 0.15) is 5.75 Å². The number of nitrogens with two attached hydrogens (primary N) is 1. The third-order valence-corrected chi connectivity index (χ3v) is 3.26. The third kappa shape index (κ3) is 7.45. The van der Waals surface area contributed by atoms with Gasteiger partial charge in [0, 0.05) is 30.8 Å². The molecular weight excluding hydrogens is 336 g/mol. The molecule has 6 heteroatoms. The van der Waals surface area contributed by atoms with Crippen LogP contribution in [0.1, 0.15) is 18.9 Å². The van der Waals surface area contributed by atoms with Gasteiger partial charge in [0.2, 0.25) is 0 Å². The topological polar surface area (TPSA) is 73.6 Å². The van der Waals surface area contributed by atoms with Crippen LogP contribution in [0.2, 0.25) is 0 Å². The monoisotopic (exact) mass is 358 g/mol. The lowest BCUT2D eigenvalue weighted by Gasteiger charge is -2.13. The maximum Gasteiger partial charge on any atom is 0.257 e. The average Bonchev–Trinajstić information content (AvgIpc) is 2.42. The van der Waals surface area contributed by atoms with Crippen molar-refractivity contribution in [2.24, 2.45) is 5.73 Å². The molecule has 1 amide bonds. The number of hydrogen-bond acceptors (Lipinski definition) is 4. The number of benzene rings is 1. The summed E-state index contributed by atoms with van der Waals surface area (Å²) in [4.78, 5) is 11.7. The molecule has 0 radical (unpaired) electrons. The molecule has 0 aromatic heterocycles. The van der Waals surface area contributed by atoms with Crippen molar-refractivity contribution < 1.29 is 14.3 Å². The highest BCUT2D eigenvalue weighted by atomic mass is 79.9. The minimum atomic E-state index is -0.138. The first kappa shape index (κ1) is 17.9. The second kappa shape index (κ2) is 9.76. The maximum absolute atomic E-state index is 11.7. The van der Waals surface area contributed by atoms with Gasteiger partial charge in [0.15, 0.2) is 6.61 Å². The van der Waals surface area contributed by atoms with Crippen LogP contribution in [0.4, 0.5) is 0 Å². The van der Waals surface area contributed by atoms with E-state index >= 15 is 0 Å². The van der Waals surface area contributed by atoms with Gasteiger partial charge in [-0.3, -0.25) is 4.79 Å². The van der Waals surface area contributed by atoms with Gasteiger partial charge in [-0.15, -0.1) is 0 Å². The molecule has 0 saturated heterocycles. The van der Waals surface area contributed by atoms with Crippen LogP contribution in [-0.2, 0) is 16.0 Å². The number of carbonyl (C=O) groups excluding carboxylic acids is 1. The summed E-state index contributed by atoms with van der Waals surface area (Å²) < 4.78 is 11.5. The first-order valence-corrected chi connectivity index (χ1v) is 7.74. The number of rotatable bonds is 9. The van der Waals surface area contributed by atoms with Crippen LogP contribution >= 0.6 is 15.9 Å². The molecule has 0 bridgehead atoms. The fraction of sp³-hybridized carbons (Fsp3) is 0.533. The van der Waals surface area contributed by atoms with E-state index in [4.69, 9.17) is 15.2 Å². The van der Waals surface area contributed by atoms with E-state index in [1.807, 2.05) is 25.1 Å². The quantitative estimate of drug-likeness (QED) is 0.661. The molecule has 0 aliphatic rings. The van der Waals surface area contributed by atoms with Gasteiger partial charge < -0.3 is 20.5 Å². The molecule has 5 nitrogen and oxygen atoms in total. The molecule has 0 aliphatic carbocycles. The van der Waals surface area contributed by atoms with Crippen molar-refractivity contribution in [2.45, 2.75) is 25.8 Å². The van der Waals surface area contributed by atoms with Crippen molar-refractivity contribution >= 4 is 21.8 Å². The largest absolute Gasteiger partial charge is 0.483 e. The van der Waals surface area contributed by atoms with Gasteiger partial charge in [-0.2, -0.15) is 0 Å². The molecule has 3 N–H and O–H groups in total. The normalized spacial score (nSPS) is 12.0. The summed E-state index contributed by atoms with van der Waals surface area (Å²) in [5.41, 5.74) is 6.82. The van der Waals surface area contributed by atoms with Crippen molar-refractivity contribution in [3.63, 3.8) is 0 Å². The van der Waals surface area contributed by atoms with E-state index in [-0.39, 0.29) is 18.6 Å². The van der Waals surface area contributed by atoms with Crippen LogP contribution in [0.25, 0.3) is 0 Å². The molecule has 0 fully saturated rings. The van der Waals surface area contributed by atoms with Crippen molar-refractivity contribution in [3.05, 3.63) is 28.2 Å². The molecule has 0 heterocycles. The predicted octanol–water partition coefficient (Wildman–Crippen LogP) is 1.87. The van der Waals surface area contributed by atoms with Gasteiger partial charge in [0.05, 0.1) is 0 Å². The maximum atomic E-state index is 11.7. The third-order valence-electron chi connectivity index (χ3n) is 2.77. The number of ether oxygens (including phenoxy) is 2. The zero-order valence-electron chi connectivity index (χ0n) is 12.5. The summed E-state index contributed by atoms with van der Waals surface area (Å²) in [7, 11) is 1.64. The lowest BCUT2D eigenvalue weighted by molar-refractivity contribution is -0.123. The Balaban J connectivity index is 2.48. The first-order valence-electron chi connectivity index (χ1n) is 6.95. The number of hydrogen-bond donors (Lipinski definition) is 2. The second-order valence-corrected chi connectivity index (χ2v) is 5.83. The minimum absolute atomic E-state index is 0.000562. The number of methoxy groups -OCH3 is 1. The molecule has 1 aromatic rings. The molecule has 1 unspecified atom stereocenters. The summed E-state index contributed by atoms with van der Waals surface area (Å²) in [5.74, 6) is 0.559. The van der Waals surface area contributed by atoms with Crippen LogP contribution in [0.5, 0.6) is 5.75 Å². The summed E-state index contributed by atoms with van der Waals surface area (Å²) in [6.07, 6.45) is 1.49. The Morgan fingerprint density at radius 3 is 2.90 bits per heavy atom. The summed E-state index contributed by atoms with van der Waals surface area (Å²) in [5, 5.41) is 2.78. The van der Waals surface area contributed by atoms with Crippen LogP contribution in [0.3, 0.4) is 0 Å². The van der Waals surface area contributed by atoms with E-state index in [0.29, 0.717) is 25.3 Å². The summed E-state index contributed by atoms with van der Waals surface area (Å²) in [6.45, 7) is 3.16. The number of carbonyl (C=O) groups is 1. The van der Waals surface area contributed by atoms with Crippen LogP contribution in [-0.4, -0.2) is 38.8 Å². The smallest absolute Gasteiger partial charge is 0.257 e. The molecule has 0 spiro atoms. The number of halogens is 1. The number of amides is 1. The molecule has 1 aromatic carbocycles. The van der Waals surface area contributed by atoms with E-state index in [1.54, 1.807) is 7.11 Å². The van der Waals surface area contributed by atoms with E-state index in [2.05, 4.69) is 21.2 Å². The molecule has 0 aliphatic heterocycles. The van der Waals surface area contributed by atoms with Gasteiger partial charge in [-0.25, -0.2) is 0 Å².